The van der Waals surface area contributed by atoms with Gasteiger partial charge in [-0.2, -0.15) is 0 Å². The molecular weight excluding hydrogens is 300 g/mol. The van der Waals surface area contributed by atoms with Crippen LogP contribution >= 0.6 is 0 Å². The highest BCUT2D eigenvalue weighted by Gasteiger charge is 2.42. The van der Waals surface area contributed by atoms with E-state index in [1.807, 2.05) is 0 Å². The summed E-state index contributed by atoms with van der Waals surface area (Å²) in [4.78, 5) is 0. The lowest BCUT2D eigenvalue weighted by atomic mass is 9.70. The van der Waals surface area contributed by atoms with E-state index in [0.29, 0.717) is 0 Å². The molecule has 2 aliphatic carbocycles. The summed E-state index contributed by atoms with van der Waals surface area (Å²) in [7, 11) is 0. The van der Waals surface area contributed by atoms with Gasteiger partial charge < -0.3 is 0 Å². The second kappa shape index (κ2) is 5.47. The normalized spacial score (nSPS) is 19.9. The van der Waals surface area contributed by atoms with Gasteiger partial charge in [-0.25, -0.2) is 0 Å². The van der Waals surface area contributed by atoms with Crippen molar-refractivity contribution in [3.8, 4) is 0 Å². The quantitative estimate of drug-likeness (QED) is 0.464. The first-order valence-corrected chi connectivity index (χ1v) is 9.62. The van der Waals surface area contributed by atoms with Gasteiger partial charge in [0.1, 0.15) is 0 Å². The number of fused-ring (bicyclic) bond motifs is 2. The van der Waals surface area contributed by atoms with E-state index >= 15 is 0 Å². The summed E-state index contributed by atoms with van der Waals surface area (Å²) in [6.45, 7) is 21.1. The monoisotopic (exact) mass is 334 g/mol. The third-order valence-electron chi connectivity index (χ3n) is 5.87. The lowest BCUT2D eigenvalue weighted by molar-refractivity contribution is 0.478. The summed E-state index contributed by atoms with van der Waals surface area (Å²) < 4.78 is 0. The Labute approximate surface area is 154 Å². The Balaban J connectivity index is 2.30. The zero-order valence-corrected chi connectivity index (χ0v) is 17.6. The van der Waals surface area contributed by atoms with Crippen LogP contribution in [-0.4, -0.2) is 0 Å². The number of allylic oxidation sites excluding steroid dienone is 6. The molecule has 0 aliphatic heterocycles. The van der Waals surface area contributed by atoms with Gasteiger partial charge in [0.15, 0.2) is 0 Å². The number of aryl methyl sites for hydroxylation is 1. The first-order valence-electron chi connectivity index (χ1n) is 9.62. The summed E-state index contributed by atoms with van der Waals surface area (Å²) >= 11 is 0. The van der Waals surface area contributed by atoms with Gasteiger partial charge in [-0.3, -0.25) is 0 Å². The second-order valence-electron chi connectivity index (χ2n) is 10.4. The average molecular weight is 335 g/mol. The van der Waals surface area contributed by atoms with E-state index in [0.717, 1.165) is 6.42 Å². The molecule has 0 unspecified atom stereocenters. The molecule has 0 radical (unpaired) electrons. The largest absolute Gasteiger partial charge is 0.0763 e. The third kappa shape index (κ3) is 2.94. The van der Waals surface area contributed by atoms with Crippen molar-refractivity contribution in [1.82, 2.24) is 0 Å². The molecule has 0 N–H and O–H groups in total. The predicted octanol–water partition coefficient (Wildman–Crippen LogP) is 7.39. The summed E-state index contributed by atoms with van der Waals surface area (Å²) in [5.74, 6) is 0. The van der Waals surface area contributed by atoms with Crippen LogP contribution in [0.25, 0.3) is 5.57 Å². The van der Waals surface area contributed by atoms with Gasteiger partial charge in [0, 0.05) is 5.41 Å². The molecule has 0 fully saturated rings. The molecule has 25 heavy (non-hydrogen) atoms. The van der Waals surface area contributed by atoms with Gasteiger partial charge in [0.2, 0.25) is 0 Å². The van der Waals surface area contributed by atoms with Crippen LogP contribution in [0, 0.1) is 17.8 Å². The minimum absolute atomic E-state index is 0.0664. The summed E-state index contributed by atoms with van der Waals surface area (Å²) in [6, 6.07) is 7.02. The average Bonchev–Trinajstić information content (AvgIpc) is 2.62. The Bertz CT molecular complexity index is 809. The molecule has 0 bridgehead atoms. The first-order chi connectivity index (χ1) is 11.3. The van der Waals surface area contributed by atoms with E-state index in [1.165, 1.54) is 27.8 Å². The zero-order valence-electron chi connectivity index (χ0n) is 17.6. The van der Waals surface area contributed by atoms with E-state index in [-0.39, 0.29) is 16.2 Å². The predicted molar refractivity (Wildman–Crippen MR) is 111 cm³/mol. The van der Waals surface area contributed by atoms with Crippen LogP contribution in [0.15, 0.2) is 47.1 Å². The van der Waals surface area contributed by atoms with Gasteiger partial charge >= 0.3 is 0 Å². The molecule has 0 spiro atoms. The molecule has 0 amide bonds. The van der Waals surface area contributed by atoms with E-state index in [1.54, 1.807) is 11.1 Å². The van der Waals surface area contributed by atoms with Gasteiger partial charge in [0.05, 0.1) is 0 Å². The van der Waals surface area contributed by atoms with Crippen molar-refractivity contribution in [3.05, 3.63) is 63.8 Å². The molecule has 3 rings (SSSR count). The highest BCUT2D eigenvalue weighted by Crippen LogP contribution is 2.55. The minimum Gasteiger partial charge on any atom is -0.0763 e. The maximum Gasteiger partial charge on any atom is 0.0158 e. The highest BCUT2D eigenvalue weighted by molar-refractivity contribution is 5.86. The molecule has 0 heteroatoms. The molecule has 134 valence electrons. The van der Waals surface area contributed by atoms with E-state index in [4.69, 9.17) is 0 Å². The molecule has 0 atom stereocenters. The van der Waals surface area contributed by atoms with Crippen molar-refractivity contribution < 1.29 is 0 Å². The standard InChI is InChI=1S/C25H34/c1-16-10-12-18-19-13-11-17(23(2,3)4)15-21(24(5,6)7)22(19)25(8,9)20(18)14-16/h10-12,14-15H,13H2,1-9H3. The Morgan fingerprint density at radius 2 is 1.56 bits per heavy atom. The molecular formula is C25H34. The summed E-state index contributed by atoms with van der Waals surface area (Å²) in [5, 5.41) is 0. The fourth-order valence-electron chi connectivity index (χ4n) is 4.41. The second-order valence-corrected chi connectivity index (χ2v) is 10.4. The van der Waals surface area contributed by atoms with E-state index in [2.05, 4.69) is 92.7 Å². The topological polar surface area (TPSA) is 0 Å². The smallest absolute Gasteiger partial charge is 0.0158 e. The SMILES string of the molecule is Cc1ccc2c(c1)C(C)(C)C1=C2CC=C(C(C)(C)C)C=C1C(C)(C)C. The molecule has 1 aromatic rings. The lowest BCUT2D eigenvalue weighted by Crippen LogP contribution is -2.24. The molecule has 0 aromatic heterocycles. The Morgan fingerprint density at radius 3 is 2.12 bits per heavy atom. The van der Waals surface area contributed by atoms with Crippen LogP contribution < -0.4 is 0 Å². The number of hydrogen-bond donors (Lipinski definition) is 0. The van der Waals surface area contributed by atoms with Gasteiger partial charge in [-0.1, -0.05) is 91.3 Å². The van der Waals surface area contributed by atoms with Crippen LogP contribution in [0.4, 0.5) is 0 Å². The molecule has 0 nitrogen and oxygen atoms in total. The lowest BCUT2D eigenvalue weighted by Gasteiger charge is -2.34. The van der Waals surface area contributed by atoms with E-state index < -0.39 is 0 Å². The van der Waals surface area contributed by atoms with Crippen molar-refractivity contribution in [2.75, 3.05) is 0 Å². The molecule has 1 aromatic carbocycles. The van der Waals surface area contributed by atoms with Crippen molar-refractivity contribution in [1.29, 1.82) is 0 Å². The van der Waals surface area contributed by atoms with Gasteiger partial charge in [0.25, 0.3) is 0 Å². The van der Waals surface area contributed by atoms with Crippen LogP contribution in [0.2, 0.25) is 0 Å². The Morgan fingerprint density at radius 1 is 0.920 bits per heavy atom. The van der Waals surface area contributed by atoms with Crippen LogP contribution in [0.1, 0.15) is 78.5 Å². The number of rotatable bonds is 0. The fraction of sp³-hybridized carbons (Fsp3) is 0.520. The Kier molecular flexibility index (Phi) is 3.99. The third-order valence-corrected chi connectivity index (χ3v) is 5.87. The summed E-state index contributed by atoms with van der Waals surface area (Å²) in [6.07, 6.45) is 6.01. The van der Waals surface area contributed by atoms with Crippen LogP contribution in [0.5, 0.6) is 0 Å². The van der Waals surface area contributed by atoms with Crippen LogP contribution in [0.3, 0.4) is 0 Å². The molecule has 0 saturated carbocycles. The zero-order chi connectivity index (χ0) is 18.8. The van der Waals surface area contributed by atoms with Gasteiger partial charge in [-0.15, -0.1) is 0 Å². The Hall–Kier alpha value is -1.56. The molecule has 2 aliphatic rings. The molecule has 0 saturated heterocycles. The maximum absolute atomic E-state index is 2.50. The van der Waals surface area contributed by atoms with E-state index in [9.17, 15) is 0 Å². The summed E-state index contributed by atoms with van der Waals surface area (Å²) in [5.41, 5.74) is 10.8. The highest BCUT2D eigenvalue weighted by atomic mass is 14.5. The first kappa shape index (κ1) is 18.2. The maximum atomic E-state index is 2.50. The van der Waals surface area contributed by atoms with Crippen molar-refractivity contribution in [2.24, 2.45) is 10.8 Å². The fourth-order valence-corrected chi connectivity index (χ4v) is 4.41. The van der Waals surface area contributed by atoms with Crippen LogP contribution in [-0.2, 0) is 5.41 Å². The van der Waals surface area contributed by atoms with Crippen molar-refractivity contribution >= 4 is 5.57 Å². The van der Waals surface area contributed by atoms with Crippen molar-refractivity contribution in [3.63, 3.8) is 0 Å². The molecule has 0 heterocycles. The van der Waals surface area contributed by atoms with Gasteiger partial charge in [-0.05, 0) is 57.6 Å². The minimum atomic E-state index is 0.0664. The number of benzene rings is 1. The number of hydrogen-bond acceptors (Lipinski definition) is 0. The van der Waals surface area contributed by atoms with Crippen molar-refractivity contribution in [2.45, 2.75) is 74.1 Å².